The molecule has 0 radical (unpaired) electrons. The highest BCUT2D eigenvalue weighted by molar-refractivity contribution is 5.75. The first kappa shape index (κ1) is 17.1. The highest BCUT2D eigenvalue weighted by Gasteiger charge is 2.12. The molecule has 7 heteroatoms. The molecule has 0 aromatic carbocycles. The Labute approximate surface area is 124 Å². The fraction of sp³-hybridized carbons (Fsp3) is 0.714. The fourth-order valence-electron chi connectivity index (χ4n) is 1.73. The Hall–Kier alpha value is -1.92. The van der Waals surface area contributed by atoms with Crippen LogP contribution >= 0.6 is 0 Å². The van der Waals surface area contributed by atoms with Crippen LogP contribution in [0.5, 0.6) is 0 Å². The van der Waals surface area contributed by atoms with Crippen LogP contribution in [-0.2, 0) is 22.6 Å². The van der Waals surface area contributed by atoms with E-state index in [9.17, 15) is 9.59 Å². The lowest BCUT2D eigenvalue weighted by atomic mass is 10.1. The number of aliphatic carboxylic acids is 1. The number of hydrogen-bond acceptors (Lipinski definition) is 4. The number of rotatable bonds is 9. The number of aryl methyl sites for hydroxylation is 1. The van der Waals surface area contributed by atoms with Crippen molar-refractivity contribution in [2.75, 3.05) is 0 Å². The zero-order valence-electron chi connectivity index (χ0n) is 12.9. The third-order valence-corrected chi connectivity index (χ3v) is 3.35. The number of carboxylic acid groups (broad SMARTS) is 1. The Morgan fingerprint density at radius 3 is 2.67 bits per heavy atom. The minimum Gasteiger partial charge on any atom is -0.481 e. The SMILES string of the molecule is CC(C)C(C)NC(=O)Cn1cc(CCCCC(=O)O)nn1. The second kappa shape index (κ2) is 8.39. The first-order valence-electron chi connectivity index (χ1n) is 7.28. The van der Waals surface area contributed by atoms with Crippen LogP contribution in [0.3, 0.4) is 0 Å². The molecule has 1 aromatic rings. The highest BCUT2D eigenvalue weighted by Crippen LogP contribution is 2.04. The van der Waals surface area contributed by atoms with Crippen molar-refractivity contribution in [2.45, 2.75) is 59.0 Å². The van der Waals surface area contributed by atoms with E-state index in [4.69, 9.17) is 5.11 Å². The maximum Gasteiger partial charge on any atom is 0.303 e. The number of carbonyl (C=O) groups excluding carboxylic acids is 1. The molecule has 0 bridgehead atoms. The smallest absolute Gasteiger partial charge is 0.303 e. The lowest BCUT2D eigenvalue weighted by molar-refractivity contribution is -0.137. The Morgan fingerprint density at radius 2 is 2.05 bits per heavy atom. The lowest BCUT2D eigenvalue weighted by Crippen LogP contribution is -2.38. The zero-order chi connectivity index (χ0) is 15.8. The number of carbonyl (C=O) groups is 2. The van der Waals surface area contributed by atoms with Crippen molar-refractivity contribution in [3.8, 4) is 0 Å². The predicted octanol–water partition coefficient (Wildman–Crippen LogP) is 1.24. The molecule has 1 atom stereocenters. The van der Waals surface area contributed by atoms with E-state index in [1.165, 1.54) is 4.68 Å². The van der Waals surface area contributed by atoms with Crippen molar-refractivity contribution >= 4 is 11.9 Å². The number of aromatic nitrogens is 3. The normalized spacial score (nSPS) is 12.4. The average Bonchev–Trinajstić information content (AvgIpc) is 2.81. The summed E-state index contributed by atoms with van der Waals surface area (Å²) in [6.45, 7) is 6.22. The van der Waals surface area contributed by atoms with Crippen molar-refractivity contribution in [3.05, 3.63) is 11.9 Å². The van der Waals surface area contributed by atoms with E-state index in [2.05, 4.69) is 29.5 Å². The molecule has 1 aromatic heterocycles. The molecule has 1 unspecified atom stereocenters. The molecule has 0 spiro atoms. The molecular weight excluding hydrogens is 272 g/mol. The quantitative estimate of drug-likeness (QED) is 0.668. The second-order valence-electron chi connectivity index (χ2n) is 5.61. The predicted molar refractivity (Wildman–Crippen MR) is 77.7 cm³/mol. The number of nitrogens with zero attached hydrogens (tertiary/aromatic N) is 3. The molecule has 1 heterocycles. The summed E-state index contributed by atoms with van der Waals surface area (Å²) in [6, 6.07) is 0.122. The second-order valence-corrected chi connectivity index (χ2v) is 5.61. The summed E-state index contributed by atoms with van der Waals surface area (Å²) >= 11 is 0. The van der Waals surface area contributed by atoms with Gasteiger partial charge in [-0.25, -0.2) is 4.68 Å². The van der Waals surface area contributed by atoms with Crippen LogP contribution in [0.2, 0.25) is 0 Å². The van der Waals surface area contributed by atoms with Gasteiger partial charge in [-0.15, -0.1) is 5.10 Å². The molecule has 1 amide bonds. The first-order valence-corrected chi connectivity index (χ1v) is 7.28. The van der Waals surface area contributed by atoms with Crippen molar-refractivity contribution in [1.82, 2.24) is 20.3 Å². The molecule has 0 aliphatic rings. The molecule has 0 aliphatic carbocycles. The minimum atomic E-state index is -0.783. The van der Waals surface area contributed by atoms with Gasteiger partial charge in [-0.2, -0.15) is 0 Å². The third kappa shape index (κ3) is 6.87. The van der Waals surface area contributed by atoms with Crippen LogP contribution in [0, 0.1) is 5.92 Å². The average molecular weight is 296 g/mol. The van der Waals surface area contributed by atoms with E-state index in [1.807, 2.05) is 6.92 Å². The van der Waals surface area contributed by atoms with Crippen molar-refractivity contribution in [1.29, 1.82) is 0 Å². The Bertz CT molecular complexity index is 471. The van der Waals surface area contributed by atoms with E-state index in [1.54, 1.807) is 6.20 Å². The Kier molecular flexibility index (Phi) is 6.84. The number of amides is 1. The van der Waals surface area contributed by atoms with E-state index in [0.717, 1.165) is 12.1 Å². The molecule has 118 valence electrons. The summed E-state index contributed by atoms with van der Waals surface area (Å²) < 4.78 is 1.51. The van der Waals surface area contributed by atoms with Crippen LogP contribution in [0.4, 0.5) is 0 Å². The number of unbranched alkanes of at least 4 members (excludes halogenated alkanes) is 1. The molecule has 1 rings (SSSR count). The van der Waals surface area contributed by atoms with Gasteiger partial charge in [0.1, 0.15) is 6.54 Å². The van der Waals surface area contributed by atoms with Gasteiger partial charge in [0.15, 0.2) is 0 Å². The van der Waals surface area contributed by atoms with Gasteiger partial charge in [0.05, 0.1) is 5.69 Å². The molecular formula is C14H24N4O3. The van der Waals surface area contributed by atoms with E-state index in [-0.39, 0.29) is 24.9 Å². The summed E-state index contributed by atoms with van der Waals surface area (Å²) in [5.74, 6) is -0.484. The maximum absolute atomic E-state index is 11.8. The van der Waals surface area contributed by atoms with Gasteiger partial charge in [0.2, 0.25) is 5.91 Å². The van der Waals surface area contributed by atoms with Gasteiger partial charge in [-0.1, -0.05) is 19.1 Å². The van der Waals surface area contributed by atoms with Crippen molar-refractivity contribution < 1.29 is 14.7 Å². The van der Waals surface area contributed by atoms with Gasteiger partial charge in [-0.05, 0) is 32.1 Å². The lowest BCUT2D eigenvalue weighted by Gasteiger charge is -2.17. The fourth-order valence-corrected chi connectivity index (χ4v) is 1.73. The van der Waals surface area contributed by atoms with Crippen LogP contribution < -0.4 is 5.32 Å². The highest BCUT2D eigenvalue weighted by atomic mass is 16.4. The molecule has 0 aliphatic heterocycles. The molecule has 7 nitrogen and oxygen atoms in total. The summed E-state index contributed by atoms with van der Waals surface area (Å²) in [5.41, 5.74) is 0.782. The topological polar surface area (TPSA) is 97.1 Å². The van der Waals surface area contributed by atoms with Gasteiger partial charge in [0.25, 0.3) is 0 Å². The van der Waals surface area contributed by atoms with Gasteiger partial charge in [0, 0.05) is 18.7 Å². The Morgan fingerprint density at radius 1 is 1.33 bits per heavy atom. The van der Waals surface area contributed by atoms with E-state index in [0.29, 0.717) is 18.8 Å². The largest absolute Gasteiger partial charge is 0.481 e. The van der Waals surface area contributed by atoms with Gasteiger partial charge < -0.3 is 10.4 Å². The van der Waals surface area contributed by atoms with Crippen LogP contribution in [-0.4, -0.2) is 38.0 Å². The number of nitrogens with one attached hydrogen (secondary N) is 1. The Balaban J connectivity index is 2.34. The minimum absolute atomic E-state index is 0.0847. The van der Waals surface area contributed by atoms with Gasteiger partial charge in [-0.3, -0.25) is 9.59 Å². The molecule has 21 heavy (non-hydrogen) atoms. The van der Waals surface area contributed by atoms with Crippen LogP contribution in [0.1, 0.15) is 45.7 Å². The summed E-state index contributed by atoms with van der Waals surface area (Å²) in [5, 5.41) is 19.4. The number of carboxylic acids is 1. The van der Waals surface area contributed by atoms with Crippen molar-refractivity contribution in [3.63, 3.8) is 0 Å². The third-order valence-electron chi connectivity index (χ3n) is 3.35. The summed E-state index contributed by atoms with van der Waals surface area (Å²) in [6.07, 6.45) is 3.96. The summed E-state index contributed by atoms with van der Waals surface area (Å²) in [7, 11) is 0. The van der Waals surface area contributed by atoms with E-state index < -0.39 is 5.97 Å². The summed E-state index contributed by atoms with van der Waals surface area (Å²) in [4.78, 5) is 22.2. The monoisotopic (exact) mass is 296 g/mol. The van der Waals surface area contributed by atoms with Crippen LogP contribution in [0.25, 0.3) is 0 Å². The standard InChI is InChI=1S/C14H24N4O3/c1-10(2)11(3)15-13(19)9-18-8-12(16-17-18)6-4-5-7-14(20)21/h8,10-11H,4-7,9H2,1-3H3,(H,15,19)(H,20,21). The van der Waals surface area contributed by atoms with E-state index >= 15 is 0 Å². The van der Waals surface area contributed by atoms with Gasteiger partial charge >= 0.3 is 5.97 Å². The van der Waals surface area contributed by atoms with Crippen molar-refractivity contribution in [2.24, 2.45) is 5.92 Å². The molecule has 0 saturated carbocycles. The first-order chi connectivity index (χ1) is 9.88. The zero-order valence-corrected chi connectivity index (χ0v) is 12.9. The number of hydrogen-bond donors (Lipinski definition) is 2. The maximum atomic E-state index is 11.8. The molecule has 0 saturated heterocycles. The van der Waals surface area contributed by atoms with Crippen LogP contribution in [0.15, 0.2) is 6.20 Å². The molecule has 2 N–H and O–H groups in total. The molecule has 0 fully saturated rings.